The summed E-state index contributed by atoms with van der Waals surface area (Å²) in [5.41, 5.74) is -0.653. The van der Waals surface area contributed by atoms with E-state index in [4.69, 9.17) is 0 Å². The fourth-order valence-electron chi connectivity index (χ4n) is 0.515. The molecular formula is C5H4F3N2. The first-order chi connectivity index (χ1) is 4.61. The molecule has 0 N–H and O–H groups in total. The number of rotatable bonds is 1. The number of hydrogen-bond donors (Lipinski definition) is 0. The first-order valence-electron chi connectivity index (χ1n) is 2.51. The van der Waals surface area contributed by atoms with Gasteiger partial charge in [-0.25, -0.2) is 13.5 Å². The minimum absolute atomic E-state index is 0.653. The van der Waals surface area contributed by atoms with Gasteiger partial charge >= 0.3 is 0 Å². The molecule has 1 aromatic rings. The minimum atomic E-state index is -2.75. The Morgan fingerprint density at radius 2 is 2.20 bits per heavy atom. The minimum Gasteiger partial charge on any atom is -0.242 e. The van der Waals surface area contributed by atoms with Gasteiger partial charge in [-0.1, -0.05) is 0 Å². The fourth-order valence-corrected chi connectivity index (χ4v) is 0.515. The molecule has 0 bridgehead atoms. The van der Waals surface area contributed by atoms with Crippen molar-refractivity contribution in [2.45, 2.75) is 6.43 Å². The summed E-state index contributed by atoms with van der Waals surface area (Å²) < 4.78 is 36.3. The molecule has 0 saturated carbocycles. The van der Waals surface area contributed by atoms with E-state index >= 15 is 0 Å². The normalized spacial score (nSPS) is 10.9. The Kier molecular flexibility index (Phi) is 1.65. The molecule has 1 radical (unpaired) electrons. The third kappa shape index (κ3) is 1.12. The highest BCUT2D eigenvalue weighted by molar-refractivity contribution is 4.99. The maximum Gasteiger partial charge on any atom is 0.282 e. The summed E-state index contributed by atoms with van der Waals surface area (Å²) in [5.74, 6) is -0.879. The van der Waals surface area contributed by atoms with Crippen molar-refractivity contribution in [2.24, 2.45) is 7.05 Å². The van der Waals surface area contributed by atoms with Crippen LogP contribution in [0.15, 0.2) is 0 Å². The highest BCUT2D eigenvalue weighted by atomic mass is 19.3. The maximum absolute atomic E-state index is 12.2. The van der Waals surface area contributed by atoms with Crippen LogP contribution in [0.25, 0.3) is 0 Å². The topological polar surface area (TPSA) is 17.8 Å². The number of halogens is 3. The van der Waals surface area contributed by atoms with Crippen molar-refractivity contribution in [1.82, 2.24) is 9.78 Å². The number of hydrogen-bond acceptors (Lipinski definition) is 1. The van der Waals surface area contributed by atoms with Crippen LogP contribution in [0.4, 0.5) is 13.2 Å². The van der Waals surface area contributed by atoms with Crippen molar-refractivity contribution in [3.8, 4) is 0 Å². The fraction of sp³-hybridized carbons (Fsp3) is 0.400. The molecule has 0 aliphatic rings. The second-order valence-electron chi connectivity index (χ2n) is 1.73. The highest BCUT2D eigenvalue weighted by Crippen LogP contribution is 2.15. The Bertz CT molecular complexity index is 211. The van der Waals surface area contributed by atoms with Gasteiger partial charge in [0.05, 0.1) is 6.07 Å². The monoisotopic (exact) mass is 149 g/mol. The quantitative estimate of drug-likeness (QED) is 0.588. The lowest BCUT2D eigenvalue weighted by Gasteiger charge is -1.88. The summed E-state index contributed by atoms with van der Waals surface area (Å²) >= 11 is 0. The van der Waals surface area contributed by atoms with Crippen LogP contribution >= 0.6 is 0 Å². The second kappa shape index (κ2) is 2.32. The smallest absolute Gasteiger partial charge is 0.242 e. The molecule has 10 heavy (non-hydrogen) atoms. The van der Waals surface area contributed by atoms with Gasteiger partial charge in [0.25, 0.3) is 6.43 Å². The van der Waals surface area contributed by atoms with Gasteiger partial charge in [0, 0.05) is 7.05 Å². The van der Waals surface area contributed by atoms with Gasteiger partial charge in [-0.2, -0.15) is 9.49 Å². The van der Waals surface area contributed by atoms with E-state index in [1.807, 2.05) is 0 Å². The van der Waals surface area contributed by atoms with E-state index in [2.05, 4.69) is 5.10 Å². The number of alkyl halides is 2. The van der Waals surface area contributed by atoms with E-state index in [0.717, 1.165) is 0 Å². The molecule has 55 valence electrons. The predicted octanol–water partition coefficient (Wildman–Crippen LogP) is 1.30. The molecule has 0 amide bonds. The summed E-state index contributed by atoms with van der Waals surface area (Å²) in [7, 11) is 1.23. The van der Waals surface area contributed by atoms with Crippen LogP contribution < -0.4 is 0 Å². The van der Waals surface area contributed by atoms with E-state index in [1.54, 1.807) is 6.07 Å². The Balaban J connectivity index is 2.98. The molecule has 1 aromatic heterocycles. The Morgan fingerprint density at radius 3 is 2.40 bits per heavy atom. The Morgan fingerprint density at radius 1 is 1.60 bits per heavy atom. The maximum atomic E-state index is 12.2. The van der Waals surface area contributed by atoms with Gasteiger partial charge < -0.3 is 0 Å². The van der Waals surface area contributed by atoms with Crippen molar-refractivity contribution >= 4 is 0 Å². The predicted molar refractivity (Wildman–Crippen MR) is 27.0 cm³/mol. The lowest BCUT2D eigenvalue weighted by atomic mass is 10.5. The van der Waals surface area contributed by atoms with Crippen molar-refractivity contribution in [3.05, 3.63) is 17.7 Å². The van der Waals surface area contributed by atoms with Crippen molar-refractivity contribution in [2.75, 3.05) is 0 Å². The molecule has 2 nitrogen and oxygen atoms in total. The van der Waals surface area contributed by atoms with Crippen LogP contribution in [-0.2, 0) is 7.05 Å². The Hall–Kier alpha value is -1.00. The summed E-state index contributed by atoms with van der Waals surface area (Å²) in [4.78, 5) is 0. The lowest BCUT2D eigenvalue weighted by molar-refractivity contribution is 0.145. The van der Waals surface area contributed by atoms with Gasteiger partial charge in [0.2, 0.25) is 5.95 Å². The number of nitrogens with zero attached hydrogens (tertiary/aromatic N) is 2. The molecule has 0 spiro atoms. The standard InChI is InChI=1S/C5H4F3N2/c1-10-4(6)2-3(9-10)5(7)8/h5H,1H3. The van der Waals surface area contributed by atoms with Gasteiger partial charge in [0.15, 0.2) is 0 Å². The zero-order valence-electron chi connectivity index (χ0n) is 5.11. The van der Waals surface area contributed by atoms with E-state index in [9.17, 15) is 13.2 Å². The zero-order valence-corrected chi connectivity index (χ0v) is 5.11. The number of aryl methyl sites for hydroxylation is 1. The van der Waals surface area contributed by atoms with E-state index < -0.39 is 18.1 Å². The molecule has 0 aliphatic heterocycles. The molecule has 0 fully saturated rings. The van der Waals surface area contributed by atoms with Gasteiger partial charge in [-0.15, -0.1) is 0 Å². The van der Waals surface area contributed by atoms with Gasteiger partial charge in [0.1, 0.15) is 5.69 Å². The molecule has 5 heteroatoms. The molecule has 1 heterocycles. The van der Waals surface area contributed by atoms with E-state index in [-0.39, 0.29) is 0 Å². The first kappa shape index (κ1) is 7.11. The third-order valence-electron chi connectivity index (χ3n) is 0.980. The molecule has 0 atom stereocenters. The SMILES string of the molecule is Cn1nc(C(F)F)[c]c1F. The average molecular weight is 149 g/mol. The summed E-state index contributed by atoms with van der Waals surface area (Å²) in [5, 5.41) is 3.15. The molecule has 0 unspecified atom stereocenters. The van der Waals surface area contributed by atoms with E-state index in [0.29, 0.717) is 4.68 Å². The summed E-state index contributed by atoms with van der Waals surface area (Å²) in [6.07, 6.45) is -2.75. The summed E-state index contributed by atoms with van der Waals surface area (Å²) in [6, 6.07) is 1.78. The van der Waals surface area contributed by atoms with Crippen molar-refractivity contribution in [1.29, 1.82) is 0 Å². The zero-order chi connectivity index (χ0) is 7.72. The van der Waals surface area contributed by atoms with Crippen LogP contribution in [0.2, 0.25) is 0 Å². The molecule has 0 aliphatic carbocycles. The average Bonchev–Trinajstić information content (AvgIpc) is 2.13. The second-order valence-corrected chi connectivity index (χ2v) is 1.73. The molecular weight excluding hydrogens is 145 g/mol. The number of aromatic nitrogens is 2. The lowest BCUT2D eigenvalue weighted by Crippen LogP contribution is -1.94. The van der Waals surface area contributed by atoms with Gasteiger partial charge in [-0.3, -0.25) is 0 Å². The van der Waals surface area contributed by atoms with Gasteiger partial charge in [-0.05, 0) is 0 Å². The first-order valence-corrected chi connectivity index (χ1v) is 2.51. The third-order valence-corrected chi connectivity index (χ3v) is 0.980. The molecule has 0 saturated heterocycles. The summed E-state index contributed by atoms with van der Waals surface area (Å²) in [6.45, 7) is 0. The van der Waals surface area contributed by atoms with Crippen LogP contribution in [-0.4, -0.2) is 9.78 Å². The molecule has 0 aromatic carbocycles. The van der Waals surface area contributed by atoms with Crippen LogP contribution in [0.5, 0.6) is 0 Å². The van der Waals surface area contributed by atoms with Crippen LogP contribution in [0.1, 0.15) is 12.1 Å². The molecule has 1 rings (SSSR count). The highest BCUT2D eigenvalue weighted by Gasteiger charge is 2.13. The van der Waals surface area contributed by atoms with Crippen LogP contribution in [0.3, 0.4) is 0 Å². The van der Waals surface area contributed by atoms with E-state index in [1.165, 1.54) is 7.05 Å². The Labute approximate surface area is 55.3 Å². The largest absolute Gasteiger partial charge is 0.282 e. The van der Waals surface area contributed by atoms with Crippen LogP contribution in [0, 0.1) is 12.0 Å². The van der Waals surface area contributed by atoms with Crippen molar-refractivity contribution < 1.29 is 13.2 Å². The van der Waals surface area contributed by atoms with Crippen molar-refractivity contribution in [3.63, 3.8) is 0 Å².